The van der Waals surface area contributed by atoms with E-state index in [0.717, 1.165) is 19.1 Å². The summed E-state index contributed by atoms with van der Waals surface area (Å²) in [5, 5.41) is 3.57. The van der Waals surface area contributed by atoms with E-state index in [-0.39, 0.29) is 5.60 Å². The molecule has 1 spiro atoms. The average molecular weight is 267 g/mol. The van der Waals surface area contributed by atoms with E-state index < -0.39 is 0 Å². The van der Waals surface area contributed by atoms with E-state index in [2.05, 4.69) is 12.4 Å². The third kappa shape index (κ3) is 2.98. The lowest BCUT2D eigenvalue weighted by atomic mass is 9.78. The summed E-state index contributed by atoms with van der Waals surface area (Å²) in [5.41, 5.74) is 0.229. The van der Waals surface area contributed by atoms with Gasteiger partial charge in [0, 0.05) is 19.3 Å². The van der Waals surface area contributed by atoms with Gasteiger partial charge >= 0.3 is 0 Å². The van der Waals surface area contributed by atoms with Gasteiger partial charge in [-0.15, -0.1) is 0 Å². The summed E-state index contributed by atoms with van der Waals surface area (Å²) < 4.78 is 12.2. The van der Waals surface area contributed by atoms with E-state index in [1.165, 1.54) is 57.8 Å². The van der Waals surface area contributed by atoms with Crippen molar-refractivity contribution in [3.8, 4) is 0 Å². The normalized spacial score (nSPS) is 36.5. The Bertz CT molecular complexity index is 282. The molecule has 0 amide bonds. The van der Waals surface area contributed by atoms with Crippen molar-refractivity contribution in [2.24, 2.45) is 5.92 Å². The Hall–Kier alpha value is -0.120. The van der Waals surface area contributed by atoms with Crippen LogP contribution in [0.2, 0.25) is 0 Å². The fourth-order valence-corrected chi connectivity index (χ4v) is 4.51. The summed E-state index contributed by atoms with van der Waals surface area (Å²) in [6, 6.07) is 0.529. The van der Waals surface area contributed by atoms with Crippen molar-refractivity contribution in [2.75, 3.05) is 20.3 Å². The third-order valence-electron chi connectivity index (χ3n) is 5.50. The van der Waals surface area contributed by atoms with E-state index in [4.69, 9.17) is 9.47 Å². The first-order valence-corrected chi connectivity index (χ1v) is 8.26. The lowest BCUT2D eigenvalue weighted by molar-refractivity contribution is -0.112. The number of hydrogen-bond donors (Lipinski definition) is 1. The van der Waals surface area contributed by atoms with E-state index >= 15 is 0 Å². The fraction of sp³-hybridized carbons (Fsp3) is 1.00. The van der Waals surface area contributed by atoms with Gasteiger partial charge in [0.05, 0.1) is 11.7 Å². The fourth-order valence-electron chi connectivity index (χ4n) is 4.51. The monoisotopic (exact) mass is 267 g/mol. The molecule has 0 bridgehead atoms. The maximum Gasteiger partial charge on any atom is 0.0730 e. The second-order valence-electron chi connectivity index (χ2n) is 6.71. The van der Waals surface area contributed by atoms with Crippen molar-refractivity contribution in [1.29, 1.82) is 0 Å². The molecule has 2 saturated heterocycles. The van der Waals surface area contributed by atoms with Gasteiger partial charge < -0.3 is 14.8 Å². The number of likely N-dealkylation sites (N-methyl/N-ethyl adjacent to an activating group) is 1. The highest BCUT2D eigenvalue weighted by molar-refractivity contribution is 4.96. The summed E-state index contributed by atoms with van der Waals surface area (Å²) in [4.78, 5) is 0. The minimum atomic E-state index is 0.229. The molecule has 3 heteroatoms. The zero-order chi connectivity index (χ0) is 13.1. The van der Waals surface area contributed by atoms with Gasteiger partial charge in [-0.05, 0) is 57.9 Å². The Morgan fingerprint density at radius 1 is 1.05 bits per heavy atom. The van der Waals surface area contributed by atoms with Crippen LogP contribution < -0.4 is 5.32 Å². The van der Waals surface area contributed by atoms with Crippen LogP contribution in [0.4, 0.5) is 0 Å². The molecule has 3 nitrogen and oxygen atoms in total. The zero-order valence-electron chi connectivity index (χ0n) is 12.3. The molecule has 19 heavy (non-hydrogen) atoms. The Morgan fingerprint density at radius 3 is 2.58 bits per heavy atom. The largest absolute Gasteiger partial charge is 0.377 e. The quantitative estimate of drug-likeness (QED) is 0.853. The minimum absolute atomic E-state index is 0.229. The molecule has 0 aromatic rings. The van der Waals surface area contributed by atoms with Crippen LogP contribution in [-0.2, 0) is 9.47 Å². The smallest absolute Gasteiger partial charge is 0.0730 e. The van der Waals surface area contributed by atoms with Crippen molar-refractivity contribution in [1.82, 2.24) is 5.32 Å². The maximum absolute atomic E-state index is 6.17. The van der Waals surface area contributed by atoms with Crippen LogP contribution in [0.1, 0.15) is 57.8 Å². The highest BCUT2D eigenvalue weighted by Gasteiger charge is 2.43. The zero-order valence-corrected chi connectivity index (χ0v) is 12.3. The molecule has 3 aliphatic rings. The van der Waals surface area contributed by atoms with Crippen molar-refractivity contribution in [3.05, 3.63) is 0 Å². The molecule has 2 aliphatic heterocycles. The van der Waals surface area contributed by atoms with Crippen molar-refractivity contribution < 1.29 is 9.47 Å². The molecule has 3 fully saturated rings. The van der Waals surface area contributed by atoms with E-state index in [1.807, 2.05) is 0 Å². The molecule has 0 radical (unpaired) electrons. The van der Waals surface area contributed by atoms with Gasteiger partial charge in [0.25, 0.3) is 0 Å². The highest BCUT2D eigenvalue weighted by Crippen LogP contribution is 2.43. The van der Waals surface area contributed by atoms with Crippen LogP contribution in [0.3, 0.4) is 0 Å². The number of ether oxygens (including phenoxy) is 2. The Labute approximate surface area is 117 Å². The molecule has 1 N–H and O–H groups in total. The topological polar surface area (TPSA) is 30.5 Å². The molecule has 0 aromatic carbocycles. The molecule has 3 rings (SSSR count). The number of nitrogens with one attached hydrogen (secondary N) is 1. The van der Waals surface area contributed by atoms with E-state index in [0.29, 0.717) is 12.1 Å². The first kappa shape index (κ1) is 13.8. The molecule has 2 heterocycles. The maximum atomic E-state index is 6.17. The molecular weight excluding hydrogens is 238 g/mol. The first-order valence-electron chi connectivity index (χ1n) is 8.26. The number of hydrogen-bond acceptors (Lipinski definition) is 3. The highest BCUT2D eigenvalue weighted by atomic mass is 16.5. The van der Waals surface area contributed by atoms with Crippen LogP contribution in [-0.4, -0.2) is 38.0 Å². The predicted octanol–water partition coefficient (Wildman–Crippen LogP) is 2.88. The molecule has 110 valence electrons. The van der Waals surface area contributed by atoms with Crippen LogP contribution in [0.15, 0.2) is 0 Å². The van der Waals surface area contributed by atoms with Gasteiger partial charge in [-0.2, -0.15) is 0 Å². The third-order valence-corrected chi connectivity index (χ3v) is 5.50. The first-order chi connectivity index (χ1) is 9.33. The number of rotatable bonds is 3. The van der Waals surface area contributed by atoms with Gasteiger partial charge in [-0.25, -0.2) is 0 Å². The van der Waals surface area contributed by atoms with Crippen LogP contribution in [0.25, 0.3) is 0 Å². The molecule has 1 saturated carbocycles. The second kappa shape index (κ2) is 6.11. The summed E-state index contributed by atoms with van der Waals surface area (Å²) >= 11 is 0. The molecular formula is C16H29NO2. The molecule has 3 atom stereocenters. The standard InChI is InChI=1S/C16H29NO2/c1-17-15(14-6-2-5-10-18-14)13-7-11-19-16(12-13)8-3-4-9-16/h13-15,17H,2-12H2,1H3. The van der Waals surface area contributed by atoms with E-state index in [9.17, 15) is 0 Å². The van der Waals surface area contributed by atoms with Gasteiger partial charge in [0.15, 0.2) is 0 Å². The Kier molecular flexibility index (Phi) is 4.45. The summed E-state index contributed by atoms with van der Waals surface area (Å²) in [6.45, 7) is 1.91. The summed E-state index contributed by atoms with van der Waals surface area (Å²) in [6.07, 6.45) is 12.0. The lowest BCUT2D eigenvalue weighted by Gasteiger charge is -2.44. The SMILES string of the molecule is CNC(C1CCOC2(CCCC2)C1)C1CCCCO1. The van der Waals surface area contributed by atoms with Crippen molar-refractivity contribution in [2.45, 2.75) is 75.5 Å². The van der Waals surface area contributed by atoms with Crippen molar-refractivity contribution >= 4 is 0 Å². The van der Waals surface area contributed by atoms with E-state index in [1.54, 1.807) is 0 Å². The minimum Gasteiger partial charge on any atom is -0.377 e. The Morgan fingerprint density at radius 2 is 1.89 bits per heavy atom. The Balaban J connectivity index is 1.64. The van der Waals surface area contributed by atoms with Gasteiger partial charge in [-0.3, -0.25) is 0 Å². The van der Waals surface area contributed by atoms with Crippen LogP contribution in [0, 0.1) is 5.92 Å². The lowest BCUT2D eigenvalue weighted by Crippen LogP contribution is -2.51. The van der Waals surface area contributed by atoms with Crippen LogP contribution in [0.5, 0.6) is 0 Å². The van der Waals surface area contributed by atoms with Crippen molar-refractivity contribution in [3.63, 3.8) is 0 Å². The summed E-state index contributed by atoms with van der Waals surface area (Å²) in [7, 11) is 2.11. The van der Waals surface area contributed by atoms with Crippen LogP contribution >= 0.6 is 0 Å². The second-order valence-corrected chi connectivity index (χ2v) is 6.71. The molecule has 0 aromatic heterocycles. The van der Waals surface area contributed by atoms with Gasteiger partial charge in [-0.1, -0.05) is 12.8 Å². The molecule has 3 unspecified atom stereocenters. The average Bonchev–Trinajstić information content (AvgIpc) is 2.89. The van der Waals surface area contributed by atoms with Gasteiger partial charge in [0.1, 0.15) is 0 Å². The summed E-state index contributed by atoms with van der Waals surface area (Å²) in [5.74, 6) is 0.736. The molecule has 1 aliphatic carbocycles. The predicted molar refractivity (Wildman–Crippen MR) is 76.3 cm³/mol. The van der Waals surface area contributed by atoms with Gasteiger partial charge in [0.2, 0.25) is 0 Å².